The predicted octanol–water partition coefficient (Wildman–Crippen LogP) is 3.37. The Morgan fingerprint density at radius 2 is 1.86 bits per heavy atom. The van der Waals surface area contributed by atoms with E-state index in [1.807, 2.05) is 22.6 Å². The van der Waals surface area contributed by atoms with Crippen LogP contribution in [0.4, 0.5) is 4.39 Å². The van der Waals surface area contributed by atoms with Crippen LogP contribution in [0.1, 0.15) is 0 Å². The average molecular weight is 361 g/mol. The van der Waals surface area contributed by atoms with Gasteiger partial charge in [0.2, 0.25) is 0 Å². The van der Waals surface area contributed by atoms with Crippen molar-refractivity contribution >= 4 is 43.4 Å². The lowest BCUT2D eigenvalue weighted by Gasteiger charge is -2.11. The summed E-state index contributed by atoms with van der Waals surface area (Å²) in [5.41, 5.74) is 2.11. The third-order valence-electron chi connectivity index (χ3n) is 3.78. The number of hydrogen-bond donors (Lipinski definition) is 0. The highest BCUT2D eigenvalue weighted by Gasteiger charge is 2.16. The van der Waals surface area contributed by atoms with Gasteiger partial charge in [0.15, 0.2) is 0 Å². The van der Waals surface area contributed by atoms with Crippen molar-refractivity contribution in [3.8, 4) is 0 Å². The summed E-state index contributed by atoms with van der Waals surface area (Å²) in [6.45, 7) is 0. The van der Waals surface area contributed by atoms with Crippen LogP contribution in [0.3, 0.4) is 0 Å². The van der Waals surface area contributed by atoms with Crippen LogP contribution in [0, 0.1) is 5.82 Å². The smallest absolute Gasteiger partial charge is 0.307 e. The Kier molecular flexibility index (Phi) is 2.77. The van der Waals surface area contributed by atoms with E-state index in [0.717, 1.165) is 20.1 Å². The molecule has 0 atom stereocenters. The standard InChI is InChI=1S/C16H10BrFN2O2/c1-22-20-14-7-9(18)5-6-13(14)19-12-4-2-3-11(17)10(12)8-15(19)16(20)21/h2-8H,1H3. The summed E-state index contributed by atoms with van der Waals surface area (Å²) < 4.78 is 17.4. The third-order valence-corrected chi connectivity index (χ3v) is 4.47. The Hall–Kier alpha value is -2.34. The van der Waals surface area contributed by atoms with Gasteiger partial charge in [-0.25, -0.2) is 4.39 Å². The molecule has 0 fully saturated rings. The number of rotatable bonds is 1. The number of aromatic nitrogens is 2. The summed E-state index contributed by atoms with van der Waals surface area (Å²) in [6, 6.07) is 11.9. The van der Waals surface area contributed by atoms with E-state index in [1.54, 1.807) is 12.1 Å². The van der Waals surface area contributed by atoms with E-state index in [1.165, 1.54) is 19.2 Å². The fraction of sp³-hybridized carbons (Fsp3) is 0.0625. The van der Waals surface area contributed by atoms with Gasteiger partial charge in [-0.15, -0.1) is 4.73 Å². The lowest BCUT2D eigenvalue weighted by Crippen LogP contribution is -2.26. The van der Waals surface area contributed by atoms with Crippen molar-refractivity contribution in [2.24, 2.45) is 0 Å². The Morgan fingerprint density at radius 1 is 1.05 bits per heavy atom. The molecule has 0 aliphatic rings. The molecule has 110 valence electrons. The summed E-state index contributed by atoms with van der Waals surface area (Å²) in [6.07, 6.45) is 0. The lowest BCUT2D eigenvalue weighted by molar-refractivity contribution is 0.170. The number of fused-ring (bicyclic) bond motifs is 5. The molecule has 0 saturated heterocycles. The fourth-order valence-electron chi connectivity index (χ4n) is 2.85. The van der Waals surface area contributed by atoms with E-state index in [4.69, 9.17) is 4.84 Å². The van der Waals surface area contributed by atoms with E-state index in [0.29, 0.717) is 16.6 Å². The topological polar surface area (TPSA) is 35.6 Å². The molecule has 4 aromatic rings. The summed E-state index contributed by atoms with van der Waals surface area (Å²) in [5, 5.41) is 0.916. The summed E-state index contributed by atoms with van der Waals surface area (Å²) in [4.78, 5) is 17.8. The van der Waals surface area contributed by atoms with Crippen LogP contribution < -0.4 is 10.4 Å². The first kappa shape index (κ1) is 13.3. The van der Waals surface area contributed by atoms with Gasteiger partial charge in [-0.3, -0.25) is 4.79 Å². The number of halogens is 2. The van der Waals surface area contributed by atoms with Gasteiger partial charge in [0.25, 0.3) is 0 Å². The van der Waals surface area contributed by atoms with Crippen LogP contribution in [0.25, 0.3) is 27.5 Å². The Labute approximate surface area is 132 Å². The van der Waals surface area contributed by atoms with Gasteiger partial charge in [-0.2, -0.15) is 0 Å². The van der Waals surface area contributed by atoms with Crippen LogP contribution in [0.2, 0.25) is 0 Å². The monoisotopic (exact) mass is 360 g/mol. The molecule has 2 aromatic carbocycles. The zero-order valence-corrected chi connectivity index (χ0v) is 13.1. The predicted molar refractivity (Wildman–Crippen MR) is 86.8 cm³/mol. The molecule has 0 N–H and O–H groups in total. The second kappa shape index (κ2) is 4.58. The minimum absolute atomic E-state index is 0.330. The zero-order chi connectivity index (χ0) is 15.4. The quantitative estimate of drug-likeness (QED) is 0.521. The van der Waals surface area contributed by atoms with Crippen molar-refractivity contribution in [3.63, 3.8) is 0 Å². The van der Waals surface area contributed by atoms with E-state index < -0.39 is 5.82 Å². The maximum absolute atomic E-state index is 13.6. The molecule has 0 amide bonds. The zero-order valence-electron chi connectivity index (χ0n) is 11.5. The molecule has 0 radical (unpaired) electrons. The van der Waals surface area contributed by atoms with Crippen molar-refractivity contribution in [1.82, 2.24) is 9.13 Å². The van der Waals surface area contributed by atoms with E-state index in [-0.39, 0.29) is 5.56 Å². The van der Waals surface area contributed by atoms with Gasteiger partial charge >= 0.3 is 5.56 Å². The molecular formula is C16H10BrFN2O2. The molecule has 0 aliphatic heterocycles. The number of nitrogens with zero attached hydrogens (tertiary/aromatic N) is 2. The van der Waals surface area contributed by atoms with Crippen LogP contribution in [-0.2, 0) is 0 Å². The van der Waals surface area contributed by atoms with Gasteiger partial charge in [0.1, 0.15) is 24.0 Å². The van der Waals surface area contributed by atoms with Crippen LogP contribution in [0.5, 0.6) is 0 Å². The molecule has 0 spiro atoms. The molecular weight excluding hydrogens is 351 g/mol. The summed E-state index contributed by atoms with van der Waals surface area (Å²) >= 11 is 3.50. The maximum atomic E-state index is 13.6. The van der Waals surface area contributed by atoms with Gasteiger partial charge < -0.3 is 9.24 Å². The lowest BCUT2D eigenvalue weighted by atomic mass is 10.2. The highest BCUT2D eigenvalue weighted by molar-refractivity contribution is 9.10. The first-order chi connectivity index (χ1) is 10.6. The molecule has 4 rings (SSSR count). The second-order valence-corrected chi connectivity index (χ2v) is 5.81. The molecule has 2 heterocycles. The van der Waals surface area contributed by atoms with Crippen molar-refractivity contribution < 1.29 is 9.23 Å². The molecule has 0 saturated carbocycles. The van der Waals surface area contributed by atoms with Crippen molar-refractivity contribution in [2.45, 2.75) is 0 Å². The SMILES string of the molecule is COn1c(=O)c2cc3c(Br)cccc3n2c2ccc(F)cc21. The summed E-state index contributed by atoms with van der Waals surface area (Å²) in [7, 11) is 1.39. The summed E-state index contributed by atoms with van der Waals surface area (Å²) in [5.74, 6) is -0.422. The number of hydrogen-bond acceptors (Lipinski definition) is 2. The second-order valence-electron chi connectivity index (χ2n) is 4.95. The van der Waals surface area contributed by atoms with Crippen molar-refractivity contribution in [3.05, 3.63) is 63.1 Å². The van der Waals surface area contributed by atoms with Gasteiger partial charge in [0.05, 0.1) is 11.0 Å². The Balaban J connectivity index is 2.40. The highest BCUT2D eigenvalue weighted by Crippen LogP contribution is 2.29. The minimum Gasteiger partial charge on any atom is -0.413 e. The van der Waals surface area contributed by atoms with E-state index in [9.17, 15) is 9.18 Å². The Bertz CT molecular complexity index is 1110. The third kappa shape index (κ3) is 1.64. The fourth-order valence-corrected chi connectivity index (χ4v) is 3.32. The molecule has 22 heavy (non-hydrogen) atoms. The average Bonchev–Trinajstić information content (AvgIpc) is 2.89. The first-order valence-electron chi connectivity index (χ1n) is 6.60. The Morgan fingerprint density at radius 3 is 2.64 bits per heavy atom. The van der Waals surface area contributed by atoms with Gasteiger partial charge in [0, 0.05) is 15.9 Å². The molecule has 0 unspecified atom stereocenters. The highest BCUT2D eigenvalue weighted by atomic mass is 79.9. The van der Waals surface area contributed by atoms with Gasteiger partial charge in [-0.1, -0.05) is 22.0 Å². The molecule has 0 bridgehead atoms. The van der Waals surface area contributed by atoms with E-state index in [2.05, 4.69) is 15.9 Å². The largest absolute Gasteiger partial charge is 0.413 e. The van der Waals surface area contributed by atoms with Crippen LogP contribution in [-0.4, -0.2) is 16.2 Å². The van der Waals surface area contributed by atoms with Crippen LogP contribution in [0.15, 0.2) is 51.7 Å². The molecule has 2 aromatic heterocycles. The minimum atomic E-state index is -0.422. The molecule has 4 nitrogen and oxygen atoms in total. The van der Waals surface area contributed by atoms with Gasteiger partial charge in [-0.05, 0) is 30.3 Å². The molecule has 6 heteroatoms. The normalized spacial score (nSPS) is 11.6. The maximum Gasteiger partial charge on any atom is 0.307 e. The van der Waals surface area contributed by atoms with Crippen LogP contribution >= 0.6 is 15.9 Å². The van der Waals surface area contributed by atoms with Crippen molar-refractivity contribution in [2.75, 3.05) is 7.11 Å². The van der Waals surface area contributed by atoms with E-state index >= 15 is 0 Å². The number of benzene rings is 2. The van der Waals surface area contributed by atoms with Crippen molar-refractivity contribution in [1.29, 1.82) is 0 Å². The molecule has 0 aliphatic carbocycles. The first-order valence-corrected chi connectivity index (χ1v) is 7.39.